The van der Waals surface area contributed by atoms with E-state index in [4.69, 9.17) is 0 Å². The molecule has 20 heavy (non-hydrogen) atoms. The highest BCUT2D eigenvalue weighted by Gasteiger charge is 2.19. The number of nitrogens with one attached hydrogen (secondary N) is 1. The van der Waals surface area contributed by atoms with Crippen molar-refractivity contribution >= 4 is 0 Å². The van der Waals surface area contributed by atoms with Crippen molar-refractivity contribution in [2.45, 2.75) is 38.9 Å². The average molecular weight is 273 g/mol. The summed E-state index contributed by atoms with van der Waals surface area (Å²) in [4.78, 5) is 0. The van der Waals surface area contributed by atoms with Gasteiger partial charge in [-0.25, -0.2) is 0 Å². The zero-order chi connectivity index (χ0) is 14.4. The van der Waals surface area contributed by atoms with Crippen LogP contribution < -0.4 is 5.32 Å². The number of nitrogens with zero attached hydrogens (tertiary/aromatic N) is 2. The summed E-state index contributed by atoms with van der Waals surface area (Å²) in [7, 11) is 0. The third-order valence-corrected chi connectivity index (χ3v) is 3.72. The fraction of sp³-hybridized carbons (Fsp3) is 0.438. The summed E-state index contributed by atoms with van der Waals surface area (Å²) in [5.74, 6) is 0. The first kappa shape index (κ1) is 14.8. The van der Waals surface area contributed by atoms with Gasteiger partial charge < -0.3 is 10.4 Å². The largest absolute Gasteiger partial charge is 0.394 e. The molecule has 2 rings (SSSR count). The molecule has 0 aliphatic rings. The molecule has 0 spiro atoms. The predicted octanol–water partition coefficient (Wildman–Crippen LogP) is 2.18. The quantitative estimate of drug-likeness (QED) is 0.813. The predicted molar refractivity (Wildman–Crippen MR) is 80.4 cm³/mol. The fourth-order valence-electron chi connectivity index (χ4n) is 1.96. The molecule has 4 heteroatoms. The second-order valence-corrected chi connectivity index (χ2v) is 5.46. The molecule has 4 nitrogen and oxygen atoms in total. The summed E-state index contributed by atoms with van der Waals surface area (Å²) >= 11 is 0. The van der Waals surface area contributed by atoms with Crippen LogP contribution in [-0.2, 0) is 13.1 Å². The standard InChI is InChI=1S/C16H23N3O/c1-3-16(2,13-20)17-9-15-10-18-19(12-15)11-14-7-5-4-6-8-14/h4-8,10,12,17,20H,3,9,11,13H2,1-2H3/t16-/m0/s1. The van der Waals surface area contributed by atoms with Crippen LogP contribution in [0.1, 0.15) is 31.4 Å². The van der Waals surface area contributed by atoms with E-state index in [0.29, 0.717) is 0 Å². The van der Waals surface area contributed by atoms with Gasteiger partial charge in [0.1, 0.15) is 0 Å². The Balaban J connectivity index is 1.93. The molecule has 0 aliphatic heterocycles. The van der Waals surface area contributed by atoms with E-state index in [0.717, 1.165) is 25.1 Å². The molecule has 108 valence electrons. The van der Waals surface area contributed by atoms with Gasteiger partial charge >= 0.3 is 0 Å². The van der Waals surface area contributed by atoms with Gasteiger partial charge in [0, 0.05) is 23.8 Å². The maximum Gasteiger partial charge on any atom is 0.0659 e. The maximum atomic E-state index is 9.38. The van der Waals surface area contributed by atoms with Crippen LogP contribution in [0.15, 0.2) is 42.7 Å². The van der Waals surface area contributed by atoms with Crippen molar-refractivity contribution in [1.82, 2.24) is 15.1 Å². The van der Waals surface area contributed by atoms with Gasteiger partial charge in [-0.05, 0) is 18.9 Å². The first-order valence-electron chi connectivity index (χ1n) is 7.06. The van der Waals surface area contributed by atoms with E-state index in [-0.39, 0.29) is 12.1 Å². The third kappa shape index (κ3) is 3.92. The van der Waals surface area contributed by atoms with E-state index in [9.17, 15) is 5.11 Å². The van der Waals surface area contributed by atoms with E-state index in [1.165, 1.54) is 5.56 Å². The maximum absolute atomic E-state index is 9.38. The number of benzene rings is 1. The van der Waals surface area contributed by atoms with Gasteiger partial charge in [0.05, 0.1) is 19.3 Å². The van der Waals surface area contributed by atoms with Crippen LogP contribution in [0.25, 0.3) is 0 Å². The number of aromatic nitrogens is 2. The molecule has 0 unspecified atom stereocenters. The van der Waals surface area contributed by atoms with Gasteiger partial charge in [0.15, 0.2) is 0 Å². The van der Waals surface area contributed by atoms with E-state index >= 15 is 0 Å². The minimum atomic E-state index is -0.221. The lowest BCUT2D eigenvalue weighted by molar-refractivity contribution is 0.169. The minimum Gasteiger partial charge on any atom is -0.394 e. The number of aliphatic hydroxyl groups excluding tert-OH is 1. The van der Waals surface area contributed by atoms with Crippen LogP contribution >= 0.6 is 0 Å². The molecule has 0 radical (unpaired) electrons. The Hall–Kier alpha value is -1.65. The lowest BCUT2D eigenvalue weighted by atomic mass is 10.0. The lowest BCUT2D eigenvalue weighted by Gasteiger charge is -2.26. The number of aliphatic hydroxyl groups is 1. The Morgan fingerprint density at radius 2 is 2.00 bits per heavy atom. The van der Waals surface area contributed by atoms with Crippen LogP contribution in [-0.4, -0.2) is 27.0 Å². The normalized spacial score (nSPS) is 14.2. The topological polar surface area (TPSA) is 50.1 Å². The van der Waals surface area contributed by atoms with E-state index in [1.54, 1.807) is 0 Å². The molecule has 0 amide bonds. The lowest BCUT2D eigenvalue weighted by Crippen LogP contribution is -2.44. The zero-order valence-electron chi connectivity index (χ0n) is 12.2. The number of rotatable bonds is 7. The second kappa shape index (κ2) is 6.68. The van der Waals surface area contributed by atoms with Crippen LogP contribution in [0.3, 0.4) is 0 Å². The summed E-state index contributed by atoms with van der Waals surface area (Å²) in [6.07, 6.45) is 4.82. The zero-order valence-corrected chi connectivity index (χ0v) is 12.2. The van der Waals surface area contributed by atoms with Crippen molar-refractivity contribution in [3.05, 3.63) is 53.9 Å². The molecule has 0 saturated carbocycles. The van der Waals surface area contributed by atoms with Gasteiger partial charge in [0.2, 0.25) is 0 Å². The highest BCUT2D eigenvalue weighted by atomic mass is 16.3. The molecule has 2 N–H and O–H groups in total. The van der Waals surface area contributed by atoms with Gasteiger partial charge in [-0.2, -0.15) is 5.10 Å². The molecule has 2 aromatic rings. The summed E-state index contributed by atoms with van der Waals surface area (Å²) in [5, 5.41) is 17.1. The molecule has 1 heterocycles. The van der Waals surface area contributed by atoms with Gasteiger partial charge in [0.25, 0.3) is 0 Å². The van der Waals surface area contributed by atoms with Crippen molar-refractivity contribution in [1.29, 1.82) is 0 Å². The van der Waals surface area contributed by atoms with Crippen molar-refractivity contribution in [2.75, 3.05) is 6.61 Å². The number of hydrogen-bond donors (Lipinski definition) is 2. The first-order valence-corrected chi connectivity index (χ1v) is 7.06. The Kier molecular flexibility index (Phi) is 4.93. The van der Waals surface area contributed by atoms with Crippen molar-refractivity contribution in [3.8, 4) is 0 Å². The van der Waals surface area contributed by atoms with Crippen LogP contribution in [0.4, 0.5) is 0 Å². The molecule has 1 atom stereocenters. The molecule has 0 aliphatic carbocycles. The Bertz CT molecular complexity index is 518. The van der Waals surface area contributed by atoms with Gasteiger partial charge in [-0.1, -0.05) is 37.3 Å². The van der Waals surface area contributed by atoms with Gasteiger partial charge in [-0.15, -0.1) is 0 Å². The van der Waals surface area contributed by atoms with Crippen molar-refractivity contribution in [3.63, 3.8) is 0 Å². The first-order chi connectivity index (χ1) is 9.65. The average Bonchev–Trinajstić information content (AvgIpc) is 2.93. The highest BCUT2D eigenvalue weighted by molar-refractivity contribution is 5.15. The van der Waals surface area contributed by atoms with Crippen LogP contribution in [0.2, 0.25) is 0 Å². The van der Waals surface area contributed by atoms with Crippen LogP contribution in [0, 0.1) is 0 Å². The molecule has 0 fully saturated rings. The smallest absolute Gasteiger partial charge is 0.0659 e. The Morgan fingerprint density at radius 1 is 1.25 bits per heavy atom. The fourth-order valence-corrected chi connectivity index (χ4v) is 1.96. The minimum absolute atomic E-state index is 0.141. The Morgan fingerprint density at radius 3 is 2.65 bits per heavy atom. The van der Waals surface area contributed by atoms with Gasteiger partial charge in [-0.3, -0.25) is 4.68 Å². The molecular formula is C16H23N3O. The van der Waals surface area contributed by atoms with Crippen molar-refractivity contribution in [2.24, 2.45) is 0 Å². The van der Waals surface area contributed by atoms with E-state index in [1.807, 2.05) is 42.2 Å². The van der Waals surface area contributed by atoms with E-state index in [2.05, 4.69) is 29.5 Å². The monoisotopic (exact) mass is 273 g/mol. The molecule has 1 aromatic carbocycles. The second-order valence-electron chi connectivity index (χ2n) is 5.46. The SMILES string of the molecule is CC[C@@](C)(CO)NCc1cnn(Cc2ccccc2)c1. The molecule has 0 bridgehead atoms. The summed E-state index contributed by atoms with van der Waals surface area (Å²) < 4.78 is 1.94. The third-order valence-electron chi connectivity index (χ3n) is 3.72. The van der Waals surface area contributed by atoms with Crippen molar-refractivity contribution < 1.29 is 5.11 Å². The highest BCUT2D eigenvalue weighted by Crippen LogP contribution is 2.10. The van der Waals surface area contributed by atoms with Crippen LogP contribution in [0.5, 0.6) is 0 Å². The van der Waals surface area contributed by atoms with E-state index < -0.39 is 0 Å². The summed E-state index contributed by atoms with van der Waals surface area (Å²) in [6.45, 7) is 5.75. The molecule has 0 saturated heterocycles. The molecular weight excluding hydrogens is 250 g/mol. The summed E-state index contributed by atoms with van der Waals surface area (Å²) in [6, 6.07) is 10.3. The summed E-state index contributed by atoms with van der Waals surface area (Å²) in [5.41, 5.74) is 2.15. The Labute approximate surface area is 120 Å². The number of hydrogen-bond acceptors (Lipinski definition) is 3. The molecule has 1 aromatic heterocycles.